The van der Waals surface area contributed by atoms with Crippen LogP contribution in [0.5, 0.6) is 0 Å². The Bertz CT molecular complexity index is 1510. The van der Waals surface area contributed by atoms with Gasteiger partial charge in [-0.15, -0.1) is 6.42 Å². The molecule has 2 heterocycles. The molecule has 0 saturated heterocycles. The van der Waals surface area contributed by atoms with E-state index < -0.39 is 0 Å². The maximum Gasteiger partial charge on any atom is 0.144 e. The van der Waals surface area contributed by atoms with Crippen LogP contribution in [0, 0.1) is 25.2 Å². The van der Waals surface area contributed by atoms with Gasteiger partial charge in [0.25, 0.3) is 0 Å². The summed E-state index contributed by atoms with van der Waals surface area (Å²) < 4.78 is 9.03. The van der Waals surface area contributed by atoms with Gasteiger partial charge in [0.1, 0.15) is 11.3 Å². The lowest BCUT2D eigenvalue weighted by Gasteiger charge is -2.18. The molecule has 0 radical (unpaired) electrons. The molecule has 0 amide bonds. The Labute approximate surface area is 181 Å². The molecule has 2 nitrogen and oxygen atoms in total. The maximum absolute atomic E-state index is 6.66. The fraction of sp³-hybridized carbons (Fsp3) is 0.172. The number of para-hydroxylation sites is 1. The molecule has 2 aromatic carbocycles. The second kappa shape index (κ2) is 6.93. The number of allylic oxidation sites excluding steroid dienone is 8. The van der Waals surface area contributed by atoms with Crippen molar-refractivity contribution in [2.24, 2.45) is 5.92 Å². The monoisotopic (exact) mass is 401 g/mol. The van der Waals surface area contributed by atoms with Gasteiger partial charge >= 0.3 is 0 Å². The average molecular weight is 402 g/mol. The number of nitrogens with zero attached hydrogens (tertiary/aromatic N) is 1. The van der Waals surface area contributed by atoms with Crippen LogP contribution in [-0.2, 0) is 0 Å². The summed E-state index contributed by atoms with van der Waals surface area (Å²) in [5, 5.41) is 3.56. The zero-order valence-electron chi connectivity index (χ0n) is 17.5. The van der Waals surface area contributed by atoms with E-state index >= 15 is 0 Å². The van der Waals surface area contributed by atoms with E-state index in [1.807, 2.05) is 6.08 Å². The standard InChI is InChI=1S/C29H23NO/c1-3-20-11-7-8-14-23(20)28-19(2)22-17-18-26-27(29(22)31-28)24-15-9-10-16-25(24)30(26)21-12-5-4-6-13-21/h1,5,7-18,20,23H,4,6H2,2H3. The summed E-state index contributed by atoms with van der Waals surface area (Å²) >= 11 is 0. The molecule has 6 rings (SSSR count). The van der Waals surface area contributed by atoms with Gasteiger partial charge in [-0.1, -0.05) is 60.6 Å². The Balaban J connectivity index is 1.68. The number of hydrogen-bond acceptors (Lipinski definition) is 1. The Kier molecular flexibility index (Phi) is 4.04. The SMILES string of the molecule is C#CC1C=CC=CC1c1oc2c(ccc3c2c2ccccc2n3C2=CCCC=C2)c1C. The van der Waals surface area contributed by atoms with Crippen LogP contribution in [0.15, 0.2) is 83.3 Å². The molecule has 4 aromatic rings. The molecular formula is C29H23NO. The molecule has 2 atom stereocenters. The normalized spacial score (nSPS) is 20.6. The molecule has 2 aliphatic rings. The fourth-order valence-corrected chi connectivity index (χ4v) is 5.13. The van der Waals surface area contributed by atoms with Gasteiger partial charge in [-0.05, 0) is 49.6 Å². The van der Waals surface area contributed by atoms with Crippen LogP contribution in [-0.4, -0.2) is 4.57 Å². The molecule has 0 N–H and O–H groups in total. The van der Waals surface area contributed by atoms with Crippen molar-refractivity contribution in [3.8, 4) is 12.3 Å². The predicted molar refractivity (Wildman–Crippen MR) is 130 cm³/mol. The summed E-state index contributed by atoms with van der Waals surface area (Å²) in [7, 11) is 0. The van der Waals surface area contributed by atoms with Gasteiger partial charge in [0, 0.05) is 16.5 Å². The van der Waals surface area contributed by atoms with Crippen LogP contribution in [0.3, 0.4) is 0 Å². The number of aromatic nitrogens is 1. The summed E-state index contributed by atoms with van der Waals surface area (Å²) in [6.45, 7) is 2.15. The highest BCUT2D eigenvalue weighted by Crippen LogP contribution is 2.43. The number of aryl methyl sites for hydroxylation is 1. The molecule has 31 heavy (non-hydrogen) atoms. The van der Waals surface area contributed by atoms with Crippen molar-refractivity contribution in [3.63, 3.8) is 0 Å². The Morgan fingerprint density at radius 3 is 2.71 bits per heavy atom. The van der Waals surface area contributed by atoms with E-state index in [1.54, 1.807) is 0 Å². The first-order chi connectivity index (χ1) is 15.3. The van der Waals surface area contributed by atoms with Crippen LogP contribution in [0.1, 0.15) is 30.1 Å². The van der Waals surface area contributed by atoms with Crippen LogP contribution in [0.2, 0.25) is 0 Å². The van der Waals surface area contributed by atoms with Crippen molar-refractivity contribution in [1.82, 2.24) is 4.57 Å². The molecule has 150 valence electrons. The summed E-state index contributed by atoms with van der Waals surface area (Å²) in [6.07, 6.45) is 23.2. The van der Waals surface area contributed by atoms with Gasteiger partial charge in [0.2, 0.25) is 0 Å². The van der Waals surface area contributed by atoms with E-state index in [2.05, 4.69) is 90.3 Å². The minimum atomic E-state index is 0.0126. The number of benzene rings is 2. The first kappa shape index (κ1) is 18.1. The zero-order chi connectivity index (χ0) is 20.9. The minimum Gasteiger partial charge on any atom is -0.459 e. The molecule has 0 spiro atoms. The summed E-state index contributed by atoms with van der Waals surface area (Å²) in [5.41, 5.74) is 5.75. The van der Waals surface area contributed by atoms with Crippen LogP contribution in [0.4, 0.5) is 0 Å². The highest BCUT2D eigenvalue weighted by Gasteiger charge is 2.27. The molecule has 0 aliphatic heterocycles. The Hall–Kier alpha value is -3.70. The van der Waals surface area contributed by atoms with Gasteiger partial charge in [0.05, 0.1) is 28.3 Å². The molecule has 0 fully saturated rings. The van der Waals surface area contributed by atoms with Crippen molar-refractivity contribution in [2.45, 2.75) is 25.7 Å². The number of rotatable bonds is 2. The van der Waals surface area contributed by atoms with E-state index in [0.29, 0.717) is 0 Å². The first-order valence-electron chi connectivity index (χ1n) is 10.9. The van der Waals surface area contributed by atoms with E-state index in [0.717, 1.165) is 29.6 Å². The van der Waals surface area contributed by atoms with Gasteiger partial charge in [0.15, 0.2) is 0 Å². The highest BCUT2D eigenvalue weighted by atomic mass is 16.3. The van der Waals surface area contributed by atoms with Crippen LogP contribution in [0.25, 0.3) is 38.5 Å². The lowest BCUT2D eigenvalue weighted by Crippen LogP contribution is -2.09. The second-order valence-corrected chi connectivity index (χ2v) is 8.38. The lowest BCUT2D eigenvalue weighted by atomic mass is 9.85. The Morgan fingerprint density at radius 2 is 1.87 bits per heavy atom. The molecule has 0 saturated carbocycles. The molecular weight excluding hydrogens is 378 g/mol. The fourth-order valence-electron chi connectivity index (χ4n) is 5.13. The van der Waals surface area contributed by atoms with Gasteiger partial charge < -0.3 is 8.98 Å². The third-order valence-electron chi connectivity index (χ3n) is 6.64. The quantitative estimate of drug-likeness (QED) is 0.318. The van der Waals surface area contributed by atoms with Crippen molar-refractivity contribution in [1.29, 1.82) is 0 Å². The van der Waals surface area contributed by atoms with Crippen molar-refractivity contribution in [3.05, 3.63) is 90.3 Å². The lowest BCUT2D eigenvalue weighted by molar-refractivity contribution is 0.499. The first-order valence-corrected chi connectivity index (χ1v) is 10.9. The smallest absolute Gasteiger partial charge is 0.144 e. The average Bonchev–Trinajstić information content (AvgIpc) is 3.34. The zero-order valence-corrected chi connectivity index (χ0v) is 17.5. The molecule has 2 aliphatic carbocycles. The maximum atomic E-state index is 6.66. The summed E-state index contributed by atoms with van der Waals surface area (Å²) in [6, 6.07) is 13.1. The molecule has 2 unspecified atom stereocenters. The highest BCUT2D eigenvalue weighted by molar-refractivity contribution is 6.20. The van der Waals surface area contributed by atoms with E-state index in [1.165, 1.54) is 33.1 Å². The summed E-state index contributed by atoms with van der Waals surface area (Å²) in [5.74, 6) is 3.97. The van der Waals surface area contributed by atoms with E-state index in [9.17, 15) is 0 Å². The minimum absolute atomic E-state index is 0.0126. The predicted octanol–water partition coefficient (Wildman–Crippen LogP) is 7.50. The Morgan fingerprint density at radius 1 is 1.00 bits per heavy atom. The largest absolute Gasteiger partial charge is 0.459 e. The van der Waals surface area contributed by atoms with E-state index in [4.69, 9.17) is 10.8 Å². The van der Waals surface area contributed by atoms with Crippen LogP contribution < -0.4 is 0 Å². The van der Waals surface area contributed by atoms with Gasteiger partial charge in [-0.25, -0.2) is 0 Å². The third-order valence-corrected chi connectivity index (χ3v) is 6.64. The van der Waals surface area contributed by atoms with E-state index in [-0.39, 0.29) is 11.8 Å². The van der Waals surface area contributed by atoms with Crippen molar-refractivity contribution in [2.75, 3.05) is 0 Å². The second-order valence-electron chi connectivity index (χ2n) is 8.38. The summed E-state index contributed by atoms with van der Waals surface area (Å²) in [4.78, 5) is 0. The topological polar surface area (TPSA) is 18.1 Å². The van der Waals surface area contributed by atoms with Crippen molar-refractivity contribution >= 4 is 38.5 Å². The number of fused-ring (bicyclic) bond motifs is 5. The molecule has 0 bridgehead atoms. The molecule has 2 heteroatoms. The third kappa shape index (κ3) is 2.60. The van der Waals surface area contributed by atoms with Gasteiger partial charge in [-0.2, -0.15) is 0 Å². The number of furan rings is 1. The number of hydrogen-bond donors (Lipinski definition) is 0. The van der Waals surface area contributed by atoms with Gasteiger partial charge in [-0.3, -0.25) is 0 Å². The number of terminal acetylenes is 1. The van der Waals surface area contributed by atoms with Crippen LogP contribution >= 0.6 is 0 Å². The van der Waals surface area contributed by atoms with Crippen molar-refractivity contribution < 1.29 is 4.42 Å². The molecule has 2 aromatic heterocycles.